The molecule has 1 saturated carbocycles. The lowest BCUT2D eigenvalue weighted by Gasteiger charge is -2.30. The predicted octanol–water partition coefficient (Wildman–Crippen LogP) is 0.354. The lowest BCUT2D eigenvalue weighted by Crippen LogP contribution is -2.55. The molecule has 0 aromatic rings. The first-order valence-electron chi connectivity index (χ1n) is 6.40. The Hall–Kier alpha value is -1.23. The molecule has 92 valence electrons. The minimum Gasteiger partial charge on any atom is -0.312 e. The van der Waals surface area contributed by atoms with E-state index in [-0.39, 0.29) is 17.9 Å². The van der Waals surface area contributed by atoms with E-state index in [2.05, 4.69) is 15.6 Å². The van der Waals surface area contributed by atoms with Crippen LogP contribution in [0.1, 0.15) is 38.5 Å². The van der Waals surface area contributed by atoms with Gasteiger partial charge in [-0.1, -0.05) is 12.8 Å². The summed E-state index contributed by atoms with van der Waals surface area (Å²) in [7, 11) is 0. The van der Waals surface area contributed by atoms with Crippen LogP contribution in [0.25, 0.3) is 0 Å². The van der Waals surface area contributed by atoms with Crippen LogP contribution in [0.2, 0.25) is 0 Å². The van der Waals surface area contributed by atoms with Crippen molar-refractivity contribution in [2.75, 3.05) is 6.54 Å². The van der Waals surface area contributed by atoms with Crippen molar-refractivity contribution in [1.29, 1.82) is 0 Å². The maximum atomic E-state index is 12.2. The van der Waals surface area contributed by atoms with E-state index in [1.54, 1.807) is 0 Å². The summed E-state index contributed by atoms with van der Waals surface area (Å²) in [5, 5.41) is 6.10. The zero-order chi connectivity index (χ0) is 11.9. The second-order valence-corrected chi connectivity index (χ2v) is 5.19. The molecule has 2 aliphatic heterocycles. The van der Waals surface area contributed by atoms with E-state index in [0.29, 0.717) is 18.7 Å². The molecule has 0 radical (unpaired) electrons. The van der Waals surface area contributed by atoms with E-state index in [0.717, 1.165) is 32.2 Å². The number of carbonyl (C=O) groups excluding carboxylic acids is 2. The third-order valence-corrected chi connectivity index (χ3v) is 4.16. The number of hydrogen-bond donors (Lipinski definition) is 2. The minimum atomic E-state index is -0.831. The number of amidine groups is 1. The molecule has 17 heavy (non-hydrogen) atoms. The van der Waals surface area contributed by atoms with Crippen molar-refractivity contribution in [1.82, 2.24) is 10.6 Å². The Kier molecular flexibility index (Phi) is 2.50. The normalized spacial score (nSPS) is 31.8. The van der Waals surface area contributed by atoms with Gasteiger partial charge in [-0.2, -0.15) is 4.99 Å². The van der Waals surface area contributed by atoms with E-state index in [1.165, 1.54) is 0 Å². The Balaban J connectivity index is 1.87. The van der Waals surface area contributed by atoms with Gasteiger partial charge in [-0.3, -0.25) is 9.59 Å². The highest BCUT2D eigenvalue weighted by Crippen LogP contribution is 2.41. The van der Waals surface area contributed by atoms with Crippen LogP contribution < -0.4 is 10.6 Å². The van der Waals surface area contributed by atoms with Crippen LogP contribution in [-0.2, 0) is 9.59 Å². The number of amides is 2. The van der Waals surface area contributed by atoms with Gasteiger partial charge in [0.25, 0.3) is 5.91 Å². The number of nitrogens with one attached hydrogen (secondary N) is 2. The molecule has 5 nitrogen and oxygen atoms in total. The average Bonchev–Trinajstić information content (AvgIpc) is 2.98. The fourth-order valence-corrected chi connectivity index (χ4v) is 3.08. The number of hydrogen-bond acceptors (Lipinski definition) is 3. The molecule has 0 aromatic heterocycles. The minimum absolute atomic E-state index is 0.0571. The number of rotatable bonds is 1. The molecule has 5 heteroatoms. The second kappa shape index (κ2) is 3.91. The largest absolute Gasteiger partial charge is 0.312 e. The summed E-state index contributed by atoms with van der Waals surface area (Å²) in [4.78, 5) is 28.4. The second-order valence-electron chi connectivity index (χ2n) is 5.19. The highest BCUT2D eigenvalue weighted by atomic mass is 16.2. The molecule has 1 unspecified atom stereocenters. The molecule has 2 fully saturated rings. The van der Waals surface area contributed by atoms with Gasteiger partial charge in [0.2, 0.25) is 5.91 Å². The summed E-state index contributed by atoms with van der Waals surface area (Å²) in [5.41, 5.74) is -0.831. The molecule has 2 heterocycles. The van der Waals surface area contributed by atoms with Crippen LogP contribution >= 0.6 is 0 Å². The Morgan fingerprint density at radius 2 is 1.94 bits per heavy atom. The van der Waals surface area contributed by atoms with Gasteiger partial charge in [-0.25, -0.2) is 0 Å². The highest BCUT2D eigenvalue weighted by molar-refractivity contribution is 6.20. The van der Waals surface area contributed by atoms with Crippen LogP contribution in [0.4, 0.5) is 0 Å². The first kappa shape index (κ1) is 10.9. The molecule has 2 amide bonds. The van der Waals surface area contributed by atoms with Crippen molar-refractivity contribution in [3.8, 4) is 0 Å². The van der Waals surface area contributed by atoms with Gasteiger partial charge in [-0.15, -0.1) is 0 Å². The van der Waals surface area contributed by atoms with Crippen LogP contribution in [0.5, 0.6) is 0 Å². The fraction of sp³-hybridized carbons (Fsp3) is 0.750. The first-order chi connectivity index (χ1) is 8.22. The quantitative estimate of drug-likeness (QED) is 0.644. The van der Waals surface area contributed by atoms with Gasteiger partial charge in [0.1, 0.15) is 11.3 Å². The van der Waals surface area contributed by atoms with Gasteiger partial charge >= 0.3 is 0 Å². The summed E-state index contributed by atoms with van der Waals surface area (Å²) >= 11 is 0. The zero-order valence-electron chi connectivity index (χ0n) is 9.79. The predicted molar refractivity (Wildman–Crippen MR) is 62.5 cm³/mol. The molecular weight excluding hydrogens is 218 g/mol. The lowest BCUT2D eigenvalue weighted by atomic mass is 9.83. The van der Waals surface area contributed by atoms with Crippen LogP contribution in [-0.4, -0.2) is 30.2 Å². The molecular formula is C12H17N3O2. The topological polar surface area (TPSA) is 70.6 Å². The van der Waals surface area contributed by atoms with Gasteiger partial charge in [-0.05, 0) is 32.2 Å². The third kappa shape index (κ3) is 1.60. The van der Waals surface area contributed by atoms with Crippen molar-refractivity contribution >= 4 is 17.6 Å². The lowest BCUT2D eigenvalue weighted by molar-refractivity contribution is -0.141. The van der Waals surface area contributed by atoms with E-state index < -0.39 is 5.41 Å². The highest BCUT2D eigenvalue weighted by Gasteiger charge is 2.51. The smallest absolute Gasteiger partial charge is 0.263 e. The summed E-state index contributed by atoms with van der Waals surface area (Å²) in [5.74, 6) is 0.191. The maximum absolute atomic E-state index is 12.2. The van der Waals surface area contributed by atoms with Gasteiger partial charge in [0.05, 0.1) is 6.04 Å². The van der Waals surface area contributed by atoms with Crippen molar-refractivity contribution < 1.29 is 9.59 Å². The van der Waals surface area contributed by atoms with Gasteiger partial charge < -0.3 is 10.6 Å². The Labute approximate surface area is 100 Å². The molecule has 3 aliphatic rings. The summed E-state index contributed by atoms with van der Waals surface area (Å²) < 4.78 is 0. The van der Waals surface area contributed by atoms with Crippen molar-refractivity contribution in [2.24, 2.45) is 10.4 Å². The summed E-state index contributed by atoms with van der Waals surface area (Å²) in [6.07, 6.45) is 5.23. The molecule has 1 aliphatic carbocycles. The van der Waals surface area contributed by atoms with E-state index in [1.807, 2.05) is 0 Å². The molecule has 0 aromatic carbocycles. The Bertz CT molecular complexity index is 391. The zero-order valence-corrected chi connectivity index (χ0v) is 9.79. The molecule has 0 bridgehead atoms. The Morgan fingerprint density at radius 3 is 2.53 bits per heavy atom. The summed E-state index contributed by atoms with van der Waals surface area (Å²) in [6, 6.07) is 0.0571. The molecule has 3 rings (SSSR count). The van der Waals surface area contributed by atoms with E-state index in [4.69, 9.17) is 0 Å². The van der Waals surface area contributed by atoms with Crippen LogP contribution in [0.15, 0.2) is 4.99 Å². The van der Waals surface area contributed by atoms with E-state index >= 15 is 0 Å². The summed E-state index contributed by atoms with van der Waals surface area (Å²) in [6.45, 7) is 0.929. The first-order valence-corrected chi connectivity index (χ1v) is 6.40. The number of carbonyl (C=O) groups is 2. The average molecular weight is 235 g/mol. The van der Waals surface area contributed by atoms with Gasteiger partial charge in [0.15, 0.2) is 0 Å². The fourth-order valence-electron chi connectivity index (χ4n) is 3.08. The van der Waals surface area contributed by atoms with Crippen molar-refractivity contribution in [3.05, 3.63) is 0 Å². The van der Waals surface area contributed by atoms with Crippen molar-refractivity contribution in [3.63, 3.8) is 0 Å². The van der Waals surface area contributed by atoms with E-state index in [9.17, 15) is 9.59 Å². The van der Waals surface area contributed by atoms with Crippen molar-refractivity contribution in [2.45, 2.75) is 44.6 Å². The third-order valence-electron chi connectivity index (χ3n) is 4.16. The number of aliphatic imine (C=N–C) groups is 1. The maximum Gasteiger partial charge on any atom is 0.263 e. The number of nitrogens with zero attached hydrogens (tertiary/aromatic N) is 1. The monoisotopic (exact) mass is 235 g/mol. The molecule has 2 N–H and O–H groups in total. The standard InChI is InChI=1S/C12H17N3O2/c16-10-12(5-1-2-6-12)11(17)15-9(14-10)8-4-3-7-13-8/h8,13H,1-7H2,(H,14,15,16,17). The van der Waals surface area contributed by atoms with Crippen LogP contribution in [0, 0.1) is 5.41 Å². The Morgan fingerprint density at radius 1 is 1.18 bits per heavy atom. The van der Waals surface area contributed by atoms with Crippen LogP contribution in [0.3, 0.4) is 0 Å². The van der Waals surface area contributed by atoms with Gasteiger partial charge in [0, 0.05) is 0 Å². The molecule has 1 spiro atoms. The molecule has 1 saturated heterocycles. The molecule has 1 atom stereocenters. The SMILES string of the molecule is O=C1N=C(C2CCCN2)NC(=O)C12CCCC2.